The van der Waals surface area contributed by atoms with E-state index in [1.807, 2.05) is 6.92 Å². The van der Waals surface area contributed by atoms with Crippen LogP contribution in [0.25, 0.3) is 0 Å². The van der Waals surface area contributed by atoms with E-state index in [-0.39, 0.29) is 12.3 Å². The Hall–Kier alpha value is -1.63. The van der Waals surface area contributed by atoms with Gasteiger partial charge in [-0.3, -0.25) is 9.59 Å². The monoisotopic (exact) mass is 271 g/mol. The molecule has 5 N–H and O–H groups in total. The smallest absolute Gasteiger partial charge is 0.326 e. The number of amides is 2. The molecule has 0 aliphatic carbocycles. The molecule has 108 valence electrons. The number of nitrogens with one attached hydrogen (secondary N) is 2. The largest absolute Gasteiger partial charge is 0.480 e. The molecule has 1 rings (SSSR count). The molecule has 1 aliphatic rings. The molecule has 1 aliphatic heterocycles. The van der Waals surface area contributed by atoms with E-state index >= 15 is 0 Å². The summed E-state index contributed by atoms with van der Waals surface area (Å²) < 4.78 is 0. The van der Waals surface area contributed by atoms with E-state index in [0.717, 1.165) is 13.1 Å². The Kier molecular flexibility index (Phi) is 5.29. The van der Waals surface area contributed by atoms with Crippen LogP contribution in [0.5, 0.6) is 0 Å². The predicted octanol–water partition coefficient (Wildman–Crippen LogP) is -0.789. The summed E-state index contributed by atoms with van der Waals surface area (Å²) in [6, 6.07) is -1.25. The SMILES string of the molecule is CCC1(C(=O)NC(CC(N)=O)C(=O)O)CCNCC1. The van der Waals surface area contributed by atoms with Crippen molar-refractivity contribution in [2.45, 2.75) is 38.6 Å². The summed E-state index contributed by atoms with van der Waals surface area (Å²) in [6.07, 6.45) is 1.58. The summed E-state index contributed by atoms with van der Waals surface area (Å²) in [6.45, 7) is 3.37. The number of carboxylic acid groups (broad SMARTS) is 1. The number of carbonyl (C=O) groups excluding carboxylic acids is 2. The number of rotatable bonds is 6. The Labute approximate surface area is 111 Å². The molecule has 7 nitrogen and oxygen atoms in total. The van der Waals surface area contributed by atoms with Gasteiger partial charge in [0.25, 0.3) is 0 Å². The maximum Gasteiger partial charge on any atom is 0.326 e. The van der Waals surface area contributed by atoms with Crippen molar-refractivity contribution in [3.05, 3.63) is 0 Å². The lowest BCUT2D eigenvalue weighted by atomic mass is 9.75. The number of carbonyl (C=O) groups is 3. The summed E-state index contributed by atoms with van der Waals surface area (Å²) in [4.78, 5) is 34.1. The highest BCUT2D eigenvalue weighted by Gasteiger charge is 2.39. The number of nitrogens with two attached hydrogens (primary N) is 1. The van der Waals surface area contributed by atoms with Crippen LogP contribution in [0.2, 0.25) is 0 Å². The molecule has 0 spiro atoms. The lowest BCUT2D eigenvalue weighted by molar-refractivity contribution is -0.145. The number of carboxylic acids is 1. The van der Waals surface area contributed by atoms with Crippen molar-refractivity contribution in [3.63, 3.8) is 0 Å². The van der Waals surface area contributed by atoms with Crippen molar-refractivity contribution in [1.29, 1.82) is 0 Å². The zero-order valence-corrected chi connectivity index (χ0v) is 11.1. The van der Waals surface area contributed by atoms with Crippen LogP contribution in [0.4, 0.5) is 0 Å². The highest BCUT2D eigenvalue weighted by atomic mass is 16.4. The highest BCUT2D eigenvalue weighted by molar-refractivity contribution is 5.90. The number of primary amides is 1. The van der Waals surface area contributed by atoms with Gasteiger partial charge < -0.3 is 21.5 Å². The van der Waals surface area contributed by atoms with Gasteiger partial charge in [-0.1, -0.05) is 6.92 Å². The molecule has 0 saturated carbocycles. The fraction of sp³-hybridized carbons (Fsp3) is 0.750. The van der Waals surface area contributed by atoms with Crippen LogP contribution in [-0.2, 0) is 14.4 Å². The first-order valence-corrected chi connectivity index (χ1v) is 6.44. The molecule has 0 aromatic carbocycles. The first kappa shape index (κ1) is 15.4. The third-order valence-electron chi connectivity index (χ3n) is 3.73. The molecule has 1 unspecified atom stereocenters. The summed E-state index contributed by atoms with van der Waals surface area (Å²) in [5, 5.41) is 14.6. The van der Waals surface area contributed by atoms with Crippen molar-refractivity contribution in [2.75, 3.05) is 13.1 Å². The van der Waals surface area contributed by atoms with Gasteiger partial charge in [0.05, 0.1) is 11.8 Å². The third kappa shape index (κ3) is 3.92. The quantitative estimate of drug-likeness (QED) is 0.504. The minimum atomic E-state index is -1.25. The van der Waals surface area contributed by atoms with E-state index in [1.54, 1.807) is 0 Å². The molecular formula is C12H21N3O4. The fourth-order valence-electron chi connectivity index (χ4n) is 2.36. The number of piperidine rings is 1. The maximum absolute atomic E-state index is 12.3. The predicted molar refractivity (Wildman–Crippen MR) is 68.2 cm³/mol. The summed E-state index contributed by atoms with van der Waals surface area (Å²) >= 11 is 0. The molecule has 19 heavy (non-hydrogen) atoms. The molecule has 0 aromatic rings. The van der Waals surface area contributed by atoms with E-state index in [0.29, 0.717) is 19.3 Å². The molecule has 0 radical (unpaired) electrons. The number of hydrogen-bond acceptors (Lipinski definition) is 4. The van der Waals surface area contributed by atoms with Crippen LogP contribution in [0.15, 0.2) is 0 Å². The van der Waals surface area contributed by atoms with E-state index in [4.69, 9.17) is 10.8 Å². The van der Waals surface area contributed by atoms with Crippen LogP contribution < -0.4 is 16.4 Å². The molecule has 7 heteroatoms. The van der Waals surface area contributed by atoms with Gasteiger partial charge in [0.15, 0.2) is 0 Å². The Balaban J connectivity index is 2.74. The van der Waals surface area contributed by atoms with Gasteiger partial charge in [0.1, 0.15) is 6.04 Å². The zero-order chi connectivity index (χ0) is 14.5. The van der Waals surface area contributed by atoms with Crippen molar-refractivity contribution < 1.29 is 19.5 Å². The van der Waals surface area contributed by atoms with Crippen LogP contribution in [-0.4, -0.2) is 42.0 Å². The first-order valence-electron chi connectivity index (χ1n) is 6.44. The molecule has 2 amide bonds. The van der Waals surface area contributed by atoms with Gasteiger partial charge in [-0.25, -0.2) is 4.79 Å². The van der Waals surface area contributed by atoms with E-state index in [1.165, 1.54) is 0 Å². The second kappa shape index (κ2) is 6.51. The highest BCUT2D eigenvalue weighted by Crippen LogP contribution is 2.32. The van der Waals surface area contributed by atoms with Crippen LogP contribution in [0, 0.1) is 5.41 Å². The topological polar surface area (TPSA) is 122 Å². The summed E-state index contributed by atoms with van der Waals surface area (Å²) in [5.41, 5.74) is 4.44. The lowest BCUT2D eigenvalue weighted by Gasteiger charge is -2.36. The van der Waals surface area contributed by atoms with Crippen LogP contribution in [0.3, 0.4) is 0 Å². The molecular weight excluding hydrogens is 250 g/mol. The van der Waals surface area contributed by atoms with E-state index < -0.39 is 23.3 Å². The van der Waals surface area contributed by atoms with Gasteiger partial charge in [-0.15, -0.1) is 0 Å². The second-order valence-corrected chi connectivity index (χ2v) is 4.92. The van der Waals surface area contributed by atoms with E-state index in [2.05, 4.69) is 10.6 Å². The van der Waals surface area contributed by atoms with Gasteiger partial charge in [0, 0.05) is 0 Å². The zero-order valence-electron chi connectivity index (χ0n) is 11.1. The average Bonchev–Trinajstić information content (AvgIpc) is 2.38. The minimum Gasteiger partial charge on any atom is -0.480 e. The van der Waals surface area contributed by atoms with Crippen molar-refractivity contribution in [2.24, 2.45) is 11.1 Å². The van der Waals surface area contributed by atoms with Crippen molar-refractivity contribution >= 4 is 17.8 Å². The van der Waals surface area contributed by atoms with Gasteiger partial charge in [-0.05, 0) is 32.4 Å². The van der Waals surface area contributed by atoms with Gasteiger partial charge >= 0.3 is 5.97 Å². The van der Waals surface area contributed by atoms with E-state index in [9.17, 15) is 14.4 Å². The van der Waals surface area contributed by atoms with Crippen LogP contribution >= 0.6 is 0 Å². The van der Waals surface area contributed by atoms with Crippen molar-refractivity contribution in [3.8, 4) is 0 Å². The first-order chi connectivity index (χ1) is 8.91. The molecule has 0 bridgehead atoms. The molecule has 1 fully saturated rings. The Morgan fingerprint density at radius 1 is 1.37 bits per heavy atom. The Morgan fingerprint density at radius 3 is 2.37 bits per heavy atom. The summed E-state index contributed by atoms with van der Waals surface area (Å²) in [5.74, 6) is -2.29. The number of aliphatic carboxylic acids is 1. The Morgan fingerprint density at radius 2 is 1.95 bits per heavy atom. The average molecular weight is 271 g/mol. The van der Waals surface area contributed by atoms with Crippen molar-refractivity contribution in [1.82, 2.24) is 10.6 Å². The van der Waals surface area contributed by atoms with Crippen LogP contribution in [0.1, 0.15) is 32.6 Å². The Bertz CT molecular complexity index is 364. The molecule has 1 saturated heterocycles. The standard InChI is InChI=1S/C12H21N3O4/c1-2-12(3-5-14-6-4-12)11(19)15-8(10(17)18)7-9(13)16/h8,14H,2-7H2,1H3,(H2,13,16)(H,15,19)(H,17,18). The normalized spacial score (nSPS) is 19.4. The lowest BCUT2D eigenvalue weighted by Crippen LogP contribution is -2.52. The fourth-order valence-corrected chi connectivity index (χ4v) is 2.36. The molecule has 1 heterocycles. The van der Waals surface area contributed by atoms with Gasteiger partial charge in [-0.2, -0.15) is 0 Å². The molecule has 0 aromatic heterocycles. The minimum absolute atomic E-state index is 0.301. The second-order valence-electron chi connectivity index (χ2n) is 4.92. The van der Waals surface area contributed by atoms with Gasteiger partial charge in [0.2, 0.25) is 11.8 Å². The molecule has 1 atom stereocenters. The third-order valence-corrected chi connectivity index (χ3v) is 3.73. The summed E-state index contributed by atoms with van der Waals surface area (Å²) in [7, 11) is 0. The number of hydrogen-bond donors (Lipinski definition) is 4. The maximum atomic E-state index is 12.3.